The van der Waals surface area contributed by atoms with Gasteiger partial charge in [-0.2, -0.15) is 0 Å². The van der Waals surface area contributed by atoms with Gasteiger partial charge in [-0.3, -0.25) is 4.79 Å². The van der Waals surface area contributed by atoms with Crippen molar-refractivity contribution in [2.24, 2.45) is 5.92 Å². The number of unbranched alkanes of at least 4 members (excludes halogenated alkanes) is 1. The maximum absolute atomic E-state index is 11.7. The molecule has 0 bridgehead atoms. The lowest BCUT2D eigenvalue weighted by molar-refractivity contribution is -0.117. The van der Waals surface area contributed by atoms with Gasteiger partial charge < -0.3 is 0 Å². The zero-order chi connectivity index (χ0) is 11.8. The molecule has 1 nitrogen and oxygen atoms in total. The molecule has 1 aromatic rings. The van der Waals surface area contributed by atoms with Gasteiger partial charge in [0.25, 0.3) is 0 Å². The van der Waals surface area contributed by atoms with E-state index in [9.17, 15) is 4.79 Å². The van der Waals surface area contributed by atoms with Gasteiger partial charge in [-0.05, 0) is 18.1 Å². The maximum atomic E-state index is 11.7. The fraction of sp³-hybridized carbons (Fsp3) is 0.400. The molecule has 0 aliphatic heterocycles. The van der Waals surface area contributed by atoms with Gasteiger partial charge >= 0.3 is 0 Å². The second kappa shape index (κ2) is 7.00. The predicted molar refractivity (Wildman–Crippen MR) is 69.2 cm³/mol. The molecule has 1 aromatic carbocycles. The van der Waals surface area contributed by atoms with Crippen LogP contribution in [0.2, 0.25) is 0 Å². The molecule has 0 N–H and O–H groups in total. The highest BCUT2D eigenvalue weighted by molar-refractivity contribution is 5.95. The Hall–Kier alpha value is -1.37. The Morgan fingerprint density at radius 1 is 1.31 bits per heavy atom. The van der Waals surface area contributed by atoms with Crippen LogP contribution in [0.25, 0.3) is 6.08 Å². The molecule has 0 heterocycles. The van der Waals surface area contributed by atoms with E-state index < -0.39 is 0 Å². The highest BCUT2D eigenvalue weighted by Gasteiger charge is 2.08. The highest BCUT2D eigenvalue weighted by atomic mass is 16.1. The van der Waals surface area contributed by atoms with Crippen LogP contribution in [-0.2, 0) is 4.79 Å². The summed E-state index contributed by atoms with van der Waals surface area (Å²) in [6.45, 7) is 4.16. The molecular weight excluding hydrogens is 196 g/mol. The van der Waals surface area contributed by atoms with Crippen LogP contribution in [0.5, 0.6) is 0 Å². The number of ketones is 1. The number of carbonyl (C=O) groups is 1. The van der Waals surface area contributed by atoms with E-state index in [-0.39, 0.29) is 11.7 Å². The molecule has 1 rings (SSSR count). The number of rotatable bonds is 6. The van der Waals surface area contributed by atoms with Crippen LogP contribution in [-0.4, -0.2) is 5.78 Å². The van der Waals surface area contributed by atoms with E-state index in [0.717, 1.165) is 24.8 Å². The molecule has 0 aliphatic rings. The topological polar surface area (TPSA) is 17.1 Å². The standard InChI is InChI=1S/C15H20O/c1-3-4-8-13(2)15(16)12-11-14-9-6-5-7-10-14/h5-7,9-13H,3-4,8H2,1-2H3/b12-11+. The summed E-state index contributed by atoms with van der Waals surface area (Å²) in [5.41, 5.74) is 1.08. The van der Waals surface area contributed by atoms with Crippen LogP contribution in [0.1, 0.15) is 38.7 Å². The molecule has 0 aliphatic carbocycles. The van der Waals surface area contributed by atoms with Crippen molar-refractivity contribution < 1.29 is 4.79 Å². The van der Waals surface area contributed by atoms with E-state index >= 15 is 0 Å². The predicted octanol–water partition coefficient (Wildman–Crippen LogP) is 4.10. The third-order valence-electron chi connectivity index (χ3n) is 2.72. The van der Waals surface area contributed by atoms with Crippen molar-refractivity contribution in [3.63, 3.8) is 0 Å². The van der Waals surface area contributed by atoms with Crippen molar-refractivity contribution in [1.82, 2.24) is 0 Å². The van der Waals surface area contributed by atoms with Crippen molar-refractivity contribution in [2.75, 3.05) is 0 Å². The van der Waals surface area contributed by atoms with Gasteiger partial charge in [-0.1, -0.05) is 63.1 Å². The average Bonchev–Trinajstić information content (AvgIpc) is 2.34. The number of allylic oxidation sites excluding steroid dienone is 1. The third kappa shape index (κ3) is 4.43. The van der Waals surface area contributed by atoms with Gasteiger partial charge in [-0.15, -0.1) is 0 Å². The molecule has 1 atom stereocenters. The highest BCUT2D eigenvalue weighted by Crippen LogP contribution is 2.10. The minimum Gasteiger partial charge on any atom is -0.295 e. The van der Waals surface area contributed by atoms with Crippen LogP contribution < -0.4 is 0 Å². The second-order valence-electron chi connectivity index (χ2n) is 4.19. The van der Waals surface area contributed by atoms with Gasteiger partial charge in [0.1, 0.15) is 0 Å². The molecule has 0 saturated heterocycles. The summed E-state index contributed by atoms with van der Waals surface area (Å²) in [6.07, 6.45) is 6.88. The first kappa shape index (κ1) is 12.7. The molecule has 0 aromatic heterocycles. The second-order valence-corrected chi connectivity index (χ2v) is 4.19. The lowest BCUT2D eigenvalue weighted by Gasteiger charge is -2.05. The van der Waals surface area contributed by atoms with E-state index in [1.807, 2.05) is 43.3 Å². The summed E-state index contributed by atoms with van der Waals surface area (Å²) in [6, 6.07) is 9.93. The molecule has 0 saturated carbocycles. The molecule has 0 amide bonds. The number of carbonyl (C=O) groups excluding carboxylic acids is 1. The third-order valence-corrected chi connectivity index (χ3v) is 2.72. The zero-order valence-electron chi connectivity index (χ0n) is 10.1. The zero-order valence-corrected chi connectivity index (χ0v) is 10.1. The molecule has 0 spiro atoms. The first-order valence-corrected chi connectivity index (χ1v) is 6.01. The maximum Gasteiger partial charge on any atom is 0.158 e. The summed E-state index contributed by atoms with van der Waals surface area (Å²) in [5, 5.41) is 0. The SMILES string of the molecule is CCCCC(C)C(=O)/C=C/c1ccccc1. The smallest absolute Gasteiger partial charge is 0.158 e. The fourth-order valence-corrected chi connectivity index (χ4v) is 1.56. The summed E-state index contributed by atoms with van der Waals surface area (Å²) >= 11 is 0. The van der Waals surface area contributed by atoms with Gasteiger partial charge in [0.05, 0.1) is 0 Å². The average molecular weight is 216 g/mol. The van der Waals surface area contributed by atoms with E-state index in [1.54, 1.807) is 6.08 Å². The van der Waals surface area contributed by atoms with E-state index in [4.69, 9.17) is 0 Å². The lowest BCUT2D eigenvalue weighted by Crippen LogP contribution is -2.07. The number of hydrogen-bond acceptors (Lipinski definition) is 1. The Morgan fingerprint density at radius 2 is 2.00 bits per heavy atom. The molecule has 1 heteroatoms. The Kier molecular flexibility index (Phi) is 5.55. The van der Waals surface area contributed by atoms with Crippen LogP contribution in [0, 0.1) is 5.92 Å². The normalized spacial score (nSPS) is 12.9. The Balaban J connectivity index is 2.48. The minimum absolute atomic E-state index is 0.153. The summed E-state index contributed by atoms with van der Waals surface area (Å²) in [7, 11) is 0. The van der Waals surface area contributed by atoms with E-state index in [2.05, 4.69) is 6.92 Å². The molecule has 86 valence electrons. The van der Waals surface area contributed by atoms with E-state index in [1.165, 1.54) is 0 Å². The molecule has 1 unspecified atom stereocenters. The Bertz CT molecular complexity index is 338. The van der Waals surface area contributed by atoms with Crippen LogP contribution in [0.3, 0.4) is 0 Å². The van der Waals surface area contributed by atoms with Crippen molar-refractivity contribution in [3.8, 4) is 0 Å². The largest absolute Gasteiger partial charge is 0.295 e. The molecule has 0 radical (unpaired) electrons. The van der Waals surface area contributed by atoms with Crippen molar-refractivity contribution >= 4 is 11.9 Å². The van der Waals surface area contributed by atoms with E-state index in [0.29, 0.717) is 0 Å². The quantitative estimate of drug-likeness (QED) is 0.654. The Labute approximate surface area is 98.2 Å². The molecule has 16 heavy (non-hydrogen) atoms. The monoisotopic (exact) mass is 216 g/mol. The van der Waals surface area contributed by atoms with Crippen molar-refractivity contribution in [3.05, 3.63) is 42.0 Å². The van der Waals surface area contributed by atoms with Gasteiger partial charge in [0, 0.05) is 5.92 Å². The first-order valence-electron chi connectivity index (χ1n) is 6.01. The lowest BCUT2D eigenvalue weighted by atomic mass is 9.99. The molecule has 0 fully saturated rings. The Morgan fingerprint density at radius 3 is 2.62 bits per heavy atom. The van der Waals surface area contributed by atoms with Crippen LogP contribution in [0.15, 0.2) is 36.4 Å². The summed E-state index contributed by atoms with van der Waals surface area (Å²) in [5.74, 6) is 0.386. The van der Waals surface area contributed by atoms with Crippen LogP contribution in [0.4, 0.5) is 0 Å². The van der Waals surface area contributed by atoms with Crippen molar-refractivity contribution in [1.29, 1.82) is 0 Å². The number of benzene rings is 1. The van der Waals surface area contributed by atoms with Gasteiger partial charge in [0.2, 0.25) is 0 Å². The van der Waals surface area contributed by atoms with Crippen molar-refractivity contribution in [2.45, 2.75) is 33.1 Å². The molecular formula is C15H20O. The van der Waals surface area contributed by atoms with Crippen LogP contribution >= 0.6 is 0 Å². The first-order chi connectivity index (χ1) is 7.74. The van der Waals surface area contributed by atoms with Gasteiger partial charge in [0.15, 0.2) is 5.78 Å². The summed E-state index contributed by atoms with van der Waals surface area (Å²) < 4.78 is 0. The fourth-order valence-electron chi connectivity index (χ4n) is 1.56. The summed E-state index contributed by atoms with van der Waals surface area (Å²) in [4.78, 5) is 11.7. The minimum atomic E-state index is 0.153. The van der Waals surface area contributed by atoms with Gasteiger partial charge in [-0.25, -0.2) is 0 Å². The number of hydrogen-bond donors (Lipinski definition) is 0.